The normalized spacial score (nSPS) is 11.5. The molecule has 2 heterocycles. The third-order valence-electron chi connectivity index (χ3n) is 5.40. The summed E-state index contributed by atoms with van der Waals surface area (Å²) in [6.07, 6.45) is 3.12. The van der Waals surface area contributed by atoms with E-state index in [0.717, 1.165) is 11.1 Å². The summed E-state index contributed by atoms with van der Waals surface area (Å²) in [7, 11) is 1.55. The minimum Gasteiger partial charge on any atom is -0.495 e. The van der Waals surface area contributed by atoms with Crippen molar-refractivity contribution in [2.24, 2.45) is 0 Å². The third kappa shape index (κ3) is 3.76. The van der Waals surface area contributed by atoms with E-state index in [1.807, 2.05) is 45.0 Å². The van der Waals surface area contributed by atoms with Crippen LogP contribution in [0, 0.1) is 6.92 Å². The van der Waals surface area contributed by atoms with Gasteiger partial charge in [-0.25, -0.2) is 14.2 Å². The van der Waals surface area contributed by atoms with Crippen molar-refractivity contribution in [3.63, 3.8) is 0 Å². The minimum absolute atomic E-state index is 0.152. The molecule has 0 saturated heterocycles. The number of nitrogens with zero attached hydrogens (tertiary/aromatic N) is 3. The zero-order chi connectivity index (χ0) is 23.0. The number of aromatic nitrogens is 3. The van der Waals surface area contributed by atoms with Crippen LogP contribution in [0.5, 0.6) is 5.75 Å². The molecular formula is C24H23ClN4O3. The Morgan fingerprint density at radius 2 is 1.81 bits per heavy atom. The van der Waals surface area contributed by atoms with Crippen molar-refractivity contribution in [3.05, 3.63) is 93.3 Å². The van der Waals surface area contributed by atoms with Gasteiger partial charge in [-0.05, 0) is 50.6 Å². The predicted molar refractivity (Wildman–Crippen MR) is 124 cm³/mol. The largest absolute Gasteiger partial charge is 0.495 e. The van der Waals surface area contributed by atoms with Gasteiger partial charge in [0.2, 0.25) is 0 Å². The molecule has 0 atom stereocenters. The fourth-order valence-electron chi connectivity index (χ4n) is 3.69. The maximum Gasteiger partial charge on any atom is 0.339 e. The van der Waals surface area contributed by atoms with Crippen molar-refractivity contribution >= 4 is 23.2 Å². The Bertz CT molecular complexity index is 1370. The van der Waals surface area contributed by atoms with E-state index in [1.54, 1.807) is 37.6 Å². The van der Waals surface area contributed by atoms with Crippen LogP contribution in [0.2, 0.25) is 5.02 Å². The van der Waals surface area contributed by atoms with Crippen LogP contribution in [0.4, 0.5) is 0 Å². The van der Waals surface area contributed by atoms with Crippen molar-refractivity contribution in [2.75, 3.05) is 7.11 Å². The number of benzene rings is 2. The Labute approximate surface area is 190 Å². The Kier molecular flexibility index (Phi) is 5.52. The zero-order valence-electron chi connectivity index (χ0n) is 18.2. The second-order valence-corrected chi connectivity index (χ2v) is 8.46. The molecule has 0 unspecified atom stereocenters. The SMILES string of the molecule is COc1ccccc1-n1cc(C)c2ncc(C(=O)NC(C)(C)c3ccc(Cl)cc3)n2c1=O. The van der Waals surface area contributed by atoms with Crippen LogP contribution in [0.15, 0.2) is 65.7 Å². The van der Waals surface area contributed by atoms with Gasteiger partial charge < -0.3 is 10.1 Å². The number of nitrogens with one attached hydrogen (secondary N) is 1. The van der Waals surface area contributed by atoms with E-state index in [0.29, 0.717) is 22.1 Å². The quantitative estimate of drug-likeness (QED) is 0.496. The van der Waals surface area contributed by atoms with Crippen LogP contribution in [-0.4, -0.2) is 27.0 Å². The first-order valence-electron chi connectivity index (χ1n) is 10.0. The summed E-state index contributed by atoms with van der Waals surface area (Å²) in [5.41, 5.74) is 1.67. The molecule has 32 heavy (non-hydrogen) atoms. The molecular weight excluding hydrogens is 428 g/mol. The highest BCUT2D eigenvalue weighted by atomic mass is 35.5. The second kappa shape index (κ2) is 8.16. The number of methoxy groups -OCH3 is 1. The first-order chi connectivity index (χ1) is 15.2. The minimum atomic E-state index is -0.697. The Hall–Kier alpha value is -3.58. The highest BCUT2D eigenvalue weighted by Gasteiger charge is 2.26. The Morgan fingerprint density at radius 3 is 2.50 bits per heavy atom. The monoisotopic (exact) mass is 450 g/mol. The molecule has 8 heteroatoms. The summed E-state index contributed by atoms with van der Waals surface area (Å²) in [5, 5.41) is 3.62. The van der Waals surface area contributed by atoms with Gasteiger partial charge in [0.05, 0.1) is 24.5 Å². The summed E-state index contributed by atoms with van der Waals surface area (Å²) in [5.74, 6) is 0.134. The van der Waals surface area contributed by atoms with Crippen molar-refractivity contribution in [2.45, 2.75) is 26.3 Å². The van der Waals surface area contributed by atoms with Crippen molar-refractivity contribution < 1.29 is 9.53 Å². The lowest BCUT2D eigenvalue weighted by Gasteiger charge is -2.27. The molecule has 2 aromatic heterocycles. The van der Waals surface area contributed by atoms with Gasteiger partial charge in [0.25, 0.3) is 5.91 Å². The number of amides is 1. The van der Waals surface area contributed by atoms with E-state index < -0.39 is 17.1 Å². The molecule has 1 amide bonds. The molecule has 7 nitrogen and oxygen atoms in total. The van der Waals surface area contributed by atoms with Crippen LogP contribution in [0.25, 0.3) is 11.3 Å². The standard InChI is InChI=1S/C24H23ClN4O3/c1-15-14-28(18-7-5-6-8-20(18)32-4)23(31)29-19(13-26-21(15)29)22(30)27-24(2,3)16-9-11-17(25)12-10-16/h5-14H,1-4H3,(H,27,30). The molecule has 0 fully saturated rings. The van der Waals surface area contributed by atoms with Crippen molar-refractivity contribution in [1.29, 1.82) is 0 Å². The summed E-state index contributed by atoms with van der Waals surface area (Å²) < 4.78 is 8.21. The van der Waals surface area contributed by atoms with Crippen LogP contribution in [0.3, 0.4) is 0 Å². The first-order valence-corrected chi connectivity index (χ1v) is 10.4. The predicted octanol–water partition coefficient (Wildman–Crippen LogP) is 4.12. The van der Waals surface area contributed by atoms with Crippen molar-refractivity contribution in [1.82, 2.24) is 19.3 Å². The van der Waals surface area contributed by atoms with Gasteiger partial charge in [0.1, 0.15) is 17.1 Å². The second-order valence-electron chi connectivity index (χ2n) is 8.03. The van der Waals surface area contributed by atoms with Crippen LogP contribution in [0.1, 0.15) is 35.5 Å². The summed E-state index contributed by atoms with van der Waals surface area (Å²) in [6.45, 7) is 5.61. The summed E-state index contributed by atoms with van der Waals surface area (Å²) in [6, 6.07) is 14.5. The molecule has 0 aliphatic carbocycles. The van der Waals surface area contributed by atoms with Crippen LogP contribution >= 0.6 is 11.6 Å². The molecule has 1 N–H and O–H groups in total. The lowest BCUT2D eigenvalue weighted by molar-refractivity contribution is 0.0905. The van der Waals surface area contributed by atoms with Gasteiger partial charge in [0.15, 0.2) is 0 Å². The topological polar surface area (TPSA) is 77.6 Å². The number of hydrogen-bond acceptors (Lipinski definition) is 4. The number of carbonyl (C=O) groups excluding carboxylic acids is 1. The number of ether oxygens (including phenoxy) is 1. The molecule has 164 valence electrons. The maximum absolute atomic E-state index is 13.4. The van der Waals surface area contributed by atoms with E-state index in [9.17, 15) is 9.59 Å². The highest BCUT2D eigenvalue weighted by molar-refractivity contribution is 6.30. The van der Waals surface area contributed by atoms with E-state index in [-0.39, 0.29) is 5.69 Å². The van der Waals surface area contributed by atoms with Crippen LogP contribution < -0.4 is 15.7 Å². The van der Waals surface area contributed by atoms with Gasteiger partial charge in [-0.1, -0.05) is 35.9 Å². The molecule has 0 radical (unpaired) electrons. The summed E-state index contributed by atoms with van der Waals surface area (Å²) in [4.78, 5) is 31.0. The number of halogens is 1. The van der Waals surface area contributed by atoms with Gasteiger partial charge >= 0.3 is 5.69 Å². The highest BCUT2D eigenvalue weighted by Crippen LogP contribution is 2.24. The van der Waals surface area contributed by atoms with E-state index in [2.05, 4.69) is 10.3 Å². The van der Waals surface area contributed by atoms with E-state index in [1.165, 1.54) is 15.2 Å². The number of carbonyl (C=O) groups is 1. The molecule has 0 aliphatic heterocycles. The first kappa shape index (κ1) is 21.6. The maximum atomic E-state index is 13.4. The van der Waals surface area contributed by atoms with E-state index in [4.69, 9.17) is 16.3 Å². The fraction of sp³-hybridized carbons (Fsp3) is 0.208. The van der Waals surface area contributed by atoms with Gasteiger partial charge in [-0.15, -0.1) is 0 Å². The molecule has 2 aromatic carbocycles. The average molecular weight is 451 g/mol. The van der Waals surface area contributed by atoms with E-state index >= 15 is 0 Å². The summed E-state index contributed by atoms with van der Waals surface area (Å²) >= 11 is 5.99. The number of aryl methyl sites for hydroxylation is 1. The van der Waals surface area contributed by atoms with Crippen LogP contribution in [-0.2, 0) is 5.54 Å². The lowest BCUT2D eigenvalue weighted by Crippen LogP contribution is -2.42. The number of hydrogen-bond donors (Lipinski definition) is 1. The lowest BCUT2D eigenvalue weighted by atomic mass is 9.94. The fourth-order valence-corrected chi connectivity index (χ4v) is 3.81. The number of rotatable bonds is 5. The number of imidazole rings is 1. The smallest absolute Gasteiger partial charge is 0.339 e. The Balaban J connectivity index is 1.80. The molecule has 4 aromatic rings. The van der Waals surface area contributed by atoms with Gasteiger partial charge in [-0.2, -0.15) is 0 Å². The molecule has 4 rings (SSSR count). The van der Waals surface area contributed by atoms with Gasteiger partial charge in [0, 0.05) is 16.8 Å². The third-order valence-corrected chi connectivity index (χ3v) is 5.66. The number of para-hydroxylation sites is 2. The average Bonchev–Trinajstić information content (AvgIpc) is 3.23. The zero-order valence-corrected chi connectivity index (χ0v) is 19.0. The molecule has 0 spiro atoms. The molecule has 0 bridgehead atoms. The molecule has 0 saturated carbocycles. The molecule has 0 aliphatic rings. The van der Waals surface area contributed by atoms with Gasteiger partial charge in [-0.3, -0.25) is 9.36 Å². The number of fused-ring (bicyclic) bond motifs is 1. The van der Waals surface area contributed by atoms with Crippen molar-refractivity contribution in [3.8, 4) is 11.4 Å². The Morgan fingerprint density at radius 1 is 1.12 bits per heavy atom.